The average molecular weight is 295 g/mol. The van der Waals surface area contributed by atoms with E-state index < -0.39 is 5.97 Å². The highest BCUT2D eigenvalue weighted by atomic mass is 16.5. The first kappa shape index (κ1) is 13.9. The number of rotatable bonds is 3. The second kappa shape index (κ2) is 5.40. The number of pyridine rings is 1. The molecule has 0 saturated carbocycles. The van der Waals surface area contributed by atoms with Gasteiger partial charge >= 0.3 is 5.97 Å². The van der Waals surface area contributed by atoms with E-state index in [1.54, 1.807) is 13.2 Å². The van der Waals surface area contributed by atoms with Crippen LogP contribution in [0.4, 0.5) is 0 Å². The van der Waals surface area contributed by atoms with Crippen LogP contribution in [0, 0.1) is 6.92 Å². The maximum atomic E-state index is 11.1. The lowest BCUT2D eigenvalue weighted by atomic mass is 10.0. The van der Waals surface area contributed by atoms with Crippen molar-refractivity contribution in [3.05, 3.63) is 48.0 Å². The molecular formula is C16H13N3O3. The smallest absolute Gasteiger partial charge is 0.356 e. The molecule has 1 N–H and O–H groups in total. The van der Waals surface area contributed by atoms with E-state index in [-0.39, 0.29) is 5.69 Å². The van der Waals surface area contributed by atoms with Crippen molar-refractivity contribution in [2.75, 3.05) is 7.11 Å². The van der Waals surface area contributed by atoms with Crippen molar-refractivity contribution in [3.8, 4) is 17.0 Å². The first-order valence-electron chi connectivity index (χ1n) is 6.60. The Bertz CT molecular complexity index is 878. The molecule has 0 aliphatic heterocycles. The van der Waals surface area contributed by atoms with Crippen molar-refractivity contribution in [1.29, 1.82) is 0 Å². The van der Waals surface area contributed by atoms with Crippen LogP contribution in [0.5, 0.6) is 5.75 Å². The molecule has 0 fully saturated rings. The Balaban J connectivity index is 2.28. The zero-order valence-electron chi connectivity index (χ0n) is 12.1. The van der Waals surface area contributed by atoms with Crippen LogP contribution in [-0.4, -0.2) is 33.1 Å². The van der Waals surface area contributed by atoms with Gasteiger partial charge in [0.15, 0.2) is 5.69 Å². The third kappa shape index (κ3) is 2.35. The number of aromatic carboxylic acids is 1. The van der Waals surface area contributed by atoms with Gasteiger partial charge in [-0.05, 0) is 25.1 Å². The van der Waals surface area contributed by atoms with Gasteiger partial charge in [0.05, 0.1) is 25.2 Å². The van der Waals surface area contributed by atoms with Gasteiger partial charge in [-0.15, -0.1) is 0 Å². The molecule has 110 valence electrons. The number of aryl methyl sites for hydroxylation is 1. The molecule has 6 heteroatoms. The minimum Gasteiger partial charge on any atom is -0.494 e. The first-order valence-corrected chi connectivity index (χ1v) is 6.60. The zero-order valence-corrected chi connectivity index (χ0v) is 12.1. The van der Waals surface area contributed by atoms with Crippen LogP contribution in [0.25, 0.3) is 22.2 Å². The summed E-state index contributed by atoms with van der Waals surface area (Å²) in [6.07, 6.45) is 2.76. The molecule has 0 aliphatic carbocycles. The number of ether oxygens (including phenoxy) is 1. The highest BCUT2D eigenvalue weighted by Gasteiger charge is 2.13. The summed E-state index contributed by atoms with van der Waals surface area (Å²) in [6, 6.07) is 7.43. The minimum atomic E-state index is -1.11. The molecule has 0 atom stereocenters. The quantitative estimate of drug-likeness (QED) is 0.799. The average Bonchev–Trinajstić information content (AvgIpc) is 2.53. The molecule has 2 aromatic heterocycles. The monoisotopic (exact) mass is 295 g/mol. The molecular weight excluding hydrogens is 282 g/mol. The van der Waals surface area contributed by atoms with Gasteiger partial charge in [0.25, 0.3) is 0 Å². The van der Waals surface area contributed by atoms with Crippen LogP contribution in [0.3, 0.4) is 0 Å². The standard InChI is InChI=1S/C16H13N3O3/c1-9-3-4-11-10(5-6-14(22-2)15(11)18-9)12-7-17-8-13(19-12)16(20)21/h3-8H,1-2H3,(H,20,21). The number of hydrogen-bond donors (Lipinski definition) is 1. The number of methoxy groups -OCH3 is 1. The first-order chi connectivity index (χ1) is 10.6. The lowest BCUT2D eigenvalue weighted by Crippen LogP contribution is -2.02. The third-order valence-electron chi connectivity index (χ3n) is 3.31. The summed E-state index contributed by atoms with van der Waals surface area (Å²) >= 11 is 0. The van der Waals surface area contributed by atoms with Crippen LogP contribution in [0.15, 0.2) is 36.7 Å². The van der Waals surface area contributed by atoms with Crippen molar-refractivity contribution in [2.24, 2.45) is 0 Å². The molecule has 0 aliphatic rings. The molecule has 6 nitrogen and oxygen atoms in total. The van der Waals surface area contributed by atoms with E-state index in [4.69, 9.17) is 9.84 Å². The summed E-state index contributed by atoms with van der Waals surface area (Å²) in [5.74, 6) is -0.453. The van der Waals surface area contributed by atoms with E-state index in [2.05, 4.69) is 15.0 Å². The second-order valence-electron chi connectivity index (χ2n) is 4.76. The Morgan fingerprint density at radius 3 is 2.68 bits per heavy atom. The number of carboxylic acid groups (broad SMARTS) is 1. The molecule has 0 spiro atoms. The second-order valence-corrected chi connectivity index (χ2v) is 4.76. The van der Waals surface area contributed by atoms with Crippen LogP contribution >= 0.6 is 0 Å². The summed E-state index contributed by atoms with van der Waals surface area (Å²) in [5, 5.41) is 9.89. The molecule has 0 radical (unpaired) electrons. The fraction of sp³-hybridized carbons (Fsp3) is 0.125. The van der Waals surface area contributed by atoms with Gasteiger partial charge in [0, 0.05) is 16.6 Å². The van der Waals surface area contributed by atoms with E-state index in [9.17, 15) is 4.79 Å². The largest absolute Gasteiger partial charge is 0.494 e. The van der Waals surface area contributed by atoms with Crippen LogP contribution in [-0.2, 0) is 0 Å². The molecule has 0 saturated heterocycles. The summed E-state index contributed by atoms with van der Waals surface area (Å²) in [5.41, 5.74) is 2.73. The topological polar surface area (TPSA) is 85.2 Å². The van der Waals surface area contributed by atoms with Gasteiger partial charge in [0.2, 0.25) is 0 Å². The van der Waals surface area contributed by atoms with Gasteiger partial charge in [-0.25, -0.2) is 14.8 Å². The van der Waals surface area contributed by atoms with Crippen molar-refractivity contribution in [2.45, 2.75) is 6.92 Å². The Hall–Kier alpha value is -3.02. The predicted molar refractivity (Wildman–Crippen MR) is 81.0 cm³/mol. The summed E-state index contributed by atoms with van der Waals surface area (Å²) in [4.78, 5) is 23.7. The zero-order chi connectivity index (χ0) is 15.7. The number of nitrogens with zero attached hydrogens (tertiary/aromatic N) is 3. The van der Waals surface area contributed by atoms with Gasteiger partial charge in [-0.1, -0.05) is 6.07 Å². The molecule has 3 rings (SSSR count). The van der Waals surface area contributed by atoms with E-state index in [1.165, 1.54) is 12.4 Å². The summed E-state index contributed by atoms with van der Waals surface area (Å²) in [6.45, 7) is 1.90. The van der Waals surface area contributed by atoms with E-state index >= 15 is 0 Å². The number of carboxylic acids is 1. The lowest BCUT2D eigenvalue weighted by Gasteiger charge is -2.10. The molecule has 2 heterocycles. The molecule has 0 bridgehead atoms. The summed E-state index contributed by atoms with van der Waals surface area (Å²) in [7, 11) is 1.59. The normalized spacial score (nSPS) is 10.6. The Labute approximate surface area is 126 Å². The molecule has 1 aromatic carbocycles. The maximum Gasteiger partial charge on any atom is 0.356 e. The molecule has 0 unspecified atom stereocenters. The number of aromatic nitrogens is 3. The fourth-order valence-corrected chi connectivity index (χ4v) is 2.28. The summed E-state index contributed by atoms with van der Waals surface area (Å²) < 4.78 is 5.34. The van der Waals surface area contributed by atoms with E-state index in [0.717, 1.165) is 16.6 Å². The van der Waals surface area contributed by atoms with E-state index in [0.29, 0.717) is 17.0 Å². The number of carbonyl (C=O) groups is 1. The lowest BCUT2D eigenvalue weighted by molar-refractivity contribution is 0.0690. The van der Waals surface area contributed by atoms with Gasteiger partial charge in [-0.3, -0.25) is 4.98 Å². The van der Waals surface area contributed by atoms with Crippen LogP contribution < -0.4 is 4.74 Å². The van der Waals surface area contributed by atoms with Crippen molar-refractivity contribution >= 4 is 16.9 Å². The van der Waals surface area contributed by atoms with Gasteiger partial charge < -0.3 is 9.84 Å². The van der Waals surface area contributed by atoms with Crippen LogP contribution in [0.2, 0.25) is 0 Å². The Morgan fingerprint density at radius 2 is 1.95 bits per heavy atom. The Morgan fingerprint density at radius 1 is 1.14 bits per heavy atom. The highest BCUT2D eigenvalue weighted by molar-refractivity contribution is 5.97. The van der Waals surface area contributed by atoms with Gasteiger partial charge in [-0.2, -0.15) is 0 Å². The highest BCUT2D eigenvalue weighted by Crippen LogP contribution is 2.32. The minimum absolute atomic E-state index is 0.0958. The molecule has 22 heavy (non-hydrogen) atoms. The van der Waals surface area contributed by atoms with Gasteiger partial charge in [0.1, 0.15) is 11.3 Å². The molecule has 3 aromatic rings. The SMILES string of the molecule is COc1ccc(-c2cncc(C(=O)O)n2)c2ccc(C)nc12. The van der Waals surface area contributed by atoms with Crippen LogP contribution in [0.1, 0.15) is 16.2 Å². The fourth-order valence-electron chi connectivity index (χ4n) is 2.28. The maximum absolute atomic E-state index is 11.1. The molecule has 0 amide bonds. The predicted octanol–water partition coefficient (Wildman–Crippen LogP) is 2.71. The number of benzene rings is 1. The van der Waals surface area contributed by atoms with Crippen molar-refractivity contribution in [3.63, 3.8) is 0 Å². The number of hydrogen-bond acceptors (Lipinski definition) is 5. The third-order valence-corrected chi connectivity index (χ3v) is 3.31. The van der Waals surface area contributed by atoms with Crippen molar-refractivity contribution < 1.29 is 14.6 Å². The van der Waals surface area contributed by atoms with E-state index in [1.807, 2.05) is 25.1 Å². The van der Waals surface area contributed by atoms with Crippen molar-refractivity contribution in [1.82, 2.24) is 15.0 Å². The Kier molecular flexibility index (Phi) is 3.42. The number of fused-ring (bicyclic) bond motifs is 1.